The highest BCUT2D eigenvalue weighted by Crippen LogP contribution is 2.52. The van der Waals surface area contributed by atoms with Crippen molar-refractivity contribution < 1.29 is 0 Å². The summed E-state index contributed by atoms with van der Waals surface area (Å²) in [6, 6.07) is 63.0. The van der Waals surface area contributed by atoms with Crippen LogP contribution < -0.4 is 0 Å². The maximum Gasteiger partial charge on any atom is 0.0645 e. The average molecular weight is 793 g/mol. The second-order valence-electron chi connectivity index (χ2n) is 17.1. The quantitative estimate of drug-likeness (QED) is 0.178. The molecular weight excluding hydrogens is 753 g/mol. The minimum absolute atomic E-state index is 0.301. The zero-order valence-electron chi connectivity index (χ0n) is 34.4. The first-order valence-electron chi connectivity index (χ1n) is 21.6. The molecule has 8 aromatic carbocycles. The highest BCUT2D eigenvalue weighted by molar-refractivity contribution is 6.15. The first kappa shape index (κ1) is 35.0. The monoisotopic (exact) mass is 792 g/mol. The molecule has 0 spiro atoms. The van der Waals surface area contributed by atoms with E-state index < -0.39 is 0 Å². The molecule has 2 atom stereocenters. The van der Waals surface area contributed by atoms with Gasteiger partial charge in [0.15, 0.2) is 0 Å². The van der Waals surface area contributed by atoms with Crippen molar-refractivity contribution in [2.75, 3.05) is 0 Å². The summed E-state index contributed by atoms with van der Waals surface area (Å²) in [5.41, 5.74) is 17.1. The molecule has 13 rings (SSSR count). The average Bonchev–Trinajstić information content (AvgIpc) is 3.83. The molecule has 0 bridgehead atoms. The Balaban J connectivity index is 1.08. The fraction of sp³-hybridized carbons (Fsp3) is 0.0690. The molecule has 62 heavy (non-hydrogen) atoms. The van der Waals surface area contributed by atoms with E-state index >= 15 is 0 Å². The van der Waals surface area contributed by atoms with Gasteiger partial charge in [-0.25, -0.2) is 0 Å². The second kappa shape index (κ2) is 13.3. The minimum Gasteiger partial charge on any atom is -0.308 e. The van der Waals surface area contributed by atoms with E-state index in [2.05, 4.69) is 191 Å². The second-order valence-corrected chi connectivity index (χ2v) is 17.1. The van der Waals surface area contributed by atoms with Gasteiger partial charge in [-0.15, -0.1) is 0 Å². The van der Waals surface area contributed by atoms with Crippen LogP contribution in [0.5, 0.6) is 0 Å². The molecule has 0 N–H and O–H groups in total. The van der Waals surface area contributed by atoms with Crippen molar-refractivity contribution in [3.63, 3.8) is 0 Å². The lowest BCUT2D eigenvalue weighted by molar-refractivity contribution is 0.617. The fourth-order valence-electron chi connectivity index (χ4n) is 10.7. The van der Waals surface area contributed by atoms with Crippen LogP contribution in [0.4, 0.5) is 0 Å². The number of nitrogens with zero attached hydrogens (tertiary/aromatic N) is 4. The molecule has 1 aliphatic carbocycles. The van der Waals surface area contributed by atoms with Crippen LogP contribution in [0.15, 0.2) is 195 Å². The topological polar surface area (TPSA) is 35.6 Å². The Morgan fingerprint density at radius 1 is 0.355 bits per heavy atom. The SMILES string of the molecule is CC1c2cc3c4cc(-c5cccc6ccccc56)ccc4n(-c4cccnc4)c3cc2-c2cc3c(cc2C1C)c1cc(-c2cccc4ccccc24)ccc1n3-c1cccnc1. The third kappa shape index (κ3) is 5.07. The first-order valence-corrected chi connectivity index (χ1v) is 21.6. The molecule has 0 saturated carbocycles. The summed E-state index contributed by atoms with van der Waals surface area (Å²) in [5.74, 6) is 0.602. The van der Waals surface area contributed by atoms with E-state index in [1.54, 1.807) is 0 Å². The van der Waals surface area contributed by atoms with Crippen LogP contribution in [0, 0.1) is 0 Å². The highest BCUT2D eigenvalue weighted by Gasteiger charge is 2.31. The largest absolute Gasteiger partial charge is 0.308 e. The van der Waals surface area contributed by atoms with Crippen LogP contribution in [-0.4, -0.2) is 19.1 Å². The van der Waals surface area contributed by atoms with Crippen molar-refractivity contribution in [1.82, 2.24) is 19.1 Å². The smallest absolute Gasteiger partial charge is 0.0645 e. The summed E-state index contributed by atoms with van der Waals surface area (Å²) in [6.07, 6.45) is 7.68. The molecular formula is C58H40N4. The Morgan fingerprint density at radius 2 is 0.790 bits per heavy atom. The van der Waals surface area contributed by atoms with Crippen LogP contribution in [0.25, 0.3) is 110 Å². The number of benzene rings is 8. The summed E-state index contributed by atoms with van der Waals surface area (Å²) in [6.45, 7) is 4.84. The predicted molar refractivity (Wildman–Crippen MR) is 259 cm³/mol. The van der Waals surface area contributed by atoms with Gasteiger partial charge in [0.2, 0.25) is 0 Å². The molecule has 4 aromatic heterocycles. The lowest BCUT2D eigenvalue weighted by Gasteiger charge is -2.32. The third-order valence-electron chi connectivity index (χ3n) is 13.9. The molecule has 2 unspecified atom stereocenters. The first-order chi connectivity index (χ1) is 30.6. The number of hydrogen-bond acceptors (Lipinski definition) is 2. The van der Waals surface area contributed by atoms with E-state index in [0.717, 1.165) is 11.4 Å². The minimum atomic E-state index is 0.301. The van der Waals surface area contributed by atoms with E-state index in [1.165, 1.54) is 110 Å². The lowest BCUT2D eigenvalue weighted by atomic mass is 9.72. The van der Waals surface area contributed by atoms with Gasteiger partial charge in [-0.3, -0.25) is 9.97 Å². The Labute approximate surface area is 359 Å². The van der Waals surface area contributed by atoms with Gasteiger partial charge < -0.3 is 9.13 Å². The number of hydrogen-bond donors (Lipinski definition) is 0. The van der Waals surface area contributed by atoms with Crippen molar-refractivity contribution in [1.29, 1.82) is 0 Å². The molecule has 0 amide bonds. The fourth-order valence-corrected chi connectivity index (χ4v) is 10.7. The molecule has 0 saturated heterocycles. The highest BCUT2D eigenvalue weighted by atomic mass is 15.0. The Bertz CT molecular complexity index is 3520. The molecule has 292 valence electrons. The molecule has 0 fully saturated rings. The Kier molecular flexibility index (Phi) is 7.53. The number of rotatable bonds is 4. The molecule has 0 radical (unpaired) electrons. The molecule has 12 aromatic rings. The van der Waals surface area contributed by atoms with Crippen LogP contribution in [0.3, 0.4) is 0 Å². The standard InChI is InChI=1S/C58H40N4/c1-35-36(2)48-30-54-52-28-40(46-20-8-14-38-12-4-6-18-44(38)46)22-24-56(52)62(42-16-10-26-60-34-42)58(54)32-50(48)49-31-57-53(29-47(35)49)51-27-39(45-19-7-13-37-11-3-5-17-43(37)45)21-23-55(51)61(57)41-15-9-25-59-33-41/h3-36H,1-2H3. The summed E-state index contributed by atoms with van der Waals surface area (Å²) < 4.78 is 4.82. The predicted octanol–water partition coefficient (Wildman–Crippen LogP) is 15.2. The van der Waals surface area contributed by atoms with Crippen molar-refractivity contribution in [2.24, 2.45) is 0 Å². The van der Waals surface area contributed by atoms with Crippen molar-refractivity contribution in [3.05, 3.63) is 206 Å². The number of fused-ring (bicyclic) bond motifs is 11. The number of aromatic nitrogens is 4. The van der Waals surface area contributed by atoms with Crippen molar-refractivity contribution in [3.8, 4) is 44.8 Å². The van der Waals surface area contributed by atoms with Crippen LogP contribution in [0.2, 0.25) is 0 Å². The summed E-state index contributed by atoms with van der Waals surface area (Å²) in [7, 11) is 0. The molecule has 1 aliphatic rings. The molecule has 4 nitrogen and oxygen atoms in total. The van der Waals surface area contributed by atoms with Crippen LogP contribution in [0.1, 0.15) is 36.8 Å². The van der Waals surface area contributed by atoms with Gasteiger partial charge in [-0.2, -0.15) is 0 Å². The van der Waals surface area contributed by atoms with Gasteiger partial charge in [0.25, 0.3) is 0 Å². The number of pyridine rings is 2. The van der Waals surface area contributed by atoms with Crippen molar-refractivity contribution in [2.45, 2.75) is 25.7 Å². The van der Waals surface area contributed by atoms with Gasteiger partial charge in [-0.05, 0) is 151 Å². The normalized spacial score (nSPS) is 14.9. The maximum atomic E-state index is 4.60. The Hall–Kier alpha value is -7.82. The summed E-state index contributed by atoms with van der Waals surface area (Å²) >= 11 is 0. The Morgan fingerprint density at radius 3 is 1.24 bits per heavy atom. The van der Waals surface area contributed by atoms with Gasteiger partial charge in [0, 0.05) is 33.9 Å². The van der Waals surface area contributed by atoms with E-state index in [4.69, 9.17) is 0 Å². The van der Waals surface area contributed by atoms with E-state index in [-0.39, 0.29) is 0 Å². The maximum absolute atomic E-state index is 4.60. The van der Waals surface area contributed by atoms with Crippen LogP contribution in [-0.2, 0) is 0 Å². The van der Waals surface area contributed by atoms with E-state index in [0.29, 0.717) is 11.8 Å². The molecule has 0 aliphatic heterocycles. The van der Waals surface area contributed by atoms with E-state index in [9.17, 15) is 0 Å². The van der Waals surface area contributed by atoms with Crippen LogP contribution >= 0.6 is 0 Å². The lowest BCUT2D eigenvalue weighted by Crippen LogP contribution is -2.13. The summed E-state index contributed by atoms with van der Waals surface area (Å²) in [5, 5.41) is 10.1. The van der Waals surface area contributed by atoms with Gasteiger partial charge in [0.1, 0.15) is 0 Å². The molecule has 4 heterocycles. The van der Waals surface area contributed by atoms with Gasteiger partial charge in [0.05, 0.1) is 45.8 Å². The van der Waals surface area contributed by atoms with Gasteiger partial charge in [-0.1, -0.05) is 111 Å². The zero-order valence-corrected chi connectivity index (χ0v) is 34.4. The van der Waals surface area contributed by atoms with E-state index in [1.807, 2.05) is 36.9 Å². The molecule has 4 heteroatoms. The summed E-state index contributed by atoms with van der Waals surface area (Å²) in [4.78, 5) is 9.21. The third-order valence-corrected chi connectivity index (χ3v) is 13.9. The zero-order chi connectivity index (χ0) is 41.1. The van der Waals surface area contributed by atoms with Gasteiger partial charge >= 0.3 is 0 Å². The van der Waals surface area contributed by atoms with Crippen molar-refractivity contribution >= 4 is 65.2 Å².